The minimum atomic E-state index is -1.18. The number of hydrogen-bond acceptors (Lipinski definition) is 7. The first-order valence-electron chi connectivity index (χ1n) is 16.9. The van der Waals surface area contributed by atoms with Crippen LogP contribution in [0.3, 0.4) is 0 Å². The Bertz CT molecular complexity index is 1640. The monoisotopic (exact) mass is 687 g/mol. The molecular weight excluding hydrogens is 638 g/mol. The van der Waals surface area contributed by atoms with E-state index in [-0.39, 0.29) is 25.4 Å². The van der Waals surface area contributed by atoms with Crippen LogP contribution in [0.25, 0.3) is 10.8 Å². The molecule has 0 heterocycles. The summed E-state index contributed by atoms with van der Waals surface area (Å²) >= 11 is 0. The van der Waals surface area contributed by atoms with E-state index in [4.69, 9.17) is 10.5 Å². The van der Waals surface area contributed by atoms with Crippen molar-refractivity contribution in [2.75, 3.05) is 13.6 Å². The molecule has 0 aromatic heterocycles. The summed E-state index contributed by atoms with van der Waals surface area (Å²) in [6, 6.07) is 19.2. The van der Waals surface area contributed by atoms with E-state index in [1.54, 1.807) is 6.92 Å². The average molecular weight is 688 g/mol. The normalized spacial score (nSPS) is 13.4. The molecule has 0 bridgehead atoms. The van der Waals surface area contributed by atoms with Crippen molar-refractivity contribution in [2.45, 2.75) is 78.1 Å². The second kappa shape index (κ2) is 19.1. The fraction of sp³-hybridized carbons (Fsp3) is 0.421. The lowest BCUT2D eigenvalue weighted by molar-refractivity contribution is -0.147. The Kier molecular flexibility index (Phi) is 14.9. The van der Waals surface area contributed by atoms with Crippen molar-refractivity contribution in [1.29, 1.82) is 0 Å². The number of likely N-dealkylation sites (N-methyl/N-ethyl adjacent to an activating group) is 1. The molecule has 0 radical (unpaired) electrons. The zero-order valence-corrected chi connectivity index (χ0v) is 29.4. The quantitative estimate of drug-likeness (QED) is 0.148. The largest absolute Gasteiger partial charge is 0.445 e. The van der Waals surface area contributed by atoms with Gasteiger partial charge < -0.3 is 31.3 Å². The van der Waals surface area contributed by atoms with Crippen LogP contribution in [0.4, 0.5) is 4.79 Å². The molecular formula is C38H49N5O7. The van der Waals surface area contributed by atoms with Gasteiger partial charge in [-0.15, -0.1) is 0 Å². The lowest BCUT2D eigenvalue weighted by atomic mass is 9.92. The molecule has 0 aliphatic heterocycles. The molecule has 0 spiro atoms. The third-order valence-electron chi connectivity index (χ3n) is 8.62. The van der Waals surface area contributed by atoms with Crippen LogP contribution in [0.5, 0.6) is 0 Å². The van der Waals surface area contributed by atoms with Crippen LogP contribution in [0, 0.1) is 11.8 Å². The molecule has 3 rings (SSSR count). The van der Waals surface area contributed by atoms with E-state index in [2.05, 4.69) is 16.0 Å². The fourth-order valence-corrected chi connectivity index (χ4v) is 5.54. The third kappa shape index (κ3) is 11.7. The highest BCUT2D eigenvalue weighted by molar-refractivity contribution is 6.38. The summed E-state index contributed by atoms with van der Waals surface area (Å²) in [5.74, 6) is -4.22. The number of nitrogens with zero attached hydrogens (tertiary/aromatic N) is 1. The van der Waals surface area contributed by atoms with Crippen molar-refractivity contribution in [3.8, 4) is 0 Å². The van der Waals surface area contributed by atoms with Crippen LogP contribution >= 0.6 is 0 Å². The fourth-order valence-electron chi connectivity index (χ4n) is 5.54. The van der Waals surface area contributed by atoms with Gasteiger partial charge in [-0.2, -0.15) is 0 Å². The molecule has 3 aromatic rings. The van der Waals surface area contributed by atoms with Gasteiger partial charge in [0.25, 0.3) is 5.91 Å². The number of amides is 5. The first-order chi connectivity index (χ1) is 23.8. The SMILES string of the molecule is CC[C@H](C)C(C(=O)C(=O)NCC(=O)N[C@@H](Cc1ccc2ccccc2c1)C(N)=O)N(C)C(=O)[C@H](CCC(C)C)NC(=O)OCc1ccccc1. The molecule has 268 valence electrons. The maximum atomic E-state index is 13.8. The third-order valence-corrected chi connectivity index (χ3v) is 8.62. The standard InChI is InChI=1S/C38H49N5O7/c1-6-25(4)33(43(5)37(48)30(19-16-24(2)3)42-38(49)50-23-26-12-8-7-9-13-26)34(45)36(47)40-22-32(44)41-31(35(39)46)21-27-17-18-28-14-10-11-15-29(28)20-27/h7-15,17-18,20,24-25,30-31,33H,6,16,19,21-23H2,1-5H3,(H2,39,46)(H,40,47)(H,41,44)(H,42,49)/t25-,30-,31-,33?/m0/s1. The molecule has 3 aromatic carbocycles. The number of nitrogens with two attached hydrogens (primary N) is 1. The summed E-state index contributed by atoms with van der Waals surface area (Å²) in [5, 5.41) is 9.49. The number of fused-ring (bicyclic) bond motifs is 1. The number of hydrogen-bond donors (Lipinski definition) is 4. The molecule has 50 heavy (non-hydrogen) atoms. The topological polar surface area (TPSA) is 177 Å². The van der Waals surface area contributed by atoms with Crippen molar-refractivity contribution in [3.05, 3.63) is 83.9 Å². The number of alkyl carbamates (subject to hydrolysis) is 1. The van der Waals surface area contributed by atoms with Crippen LogP contribution in [0.15, 0.2) is 72.8 Å². The summed E-state index contributed by atoms with van der Waals surface area (Å²) in [7, 11) is 1.42. The molecule has 1 unspecified atom stereocenters. The van der Waals surface area contributed by atoms with Crippen LogP contribution < -0.4 is 21.7 Å². The van der Waals surface area contributed by atoms with E-state index in [0.717, 1.165) is 21.9 Å². The Morgan fingerprint density at radius 3 is 2.10 bits per heavy atom. The van der Waals surface area contributed by atoms with Gasteiger partial charge in [0.05, 0.1) is 6.54 Å². The van der Waals surface area contributed by atoms with Crippen molar-refractivity contribution < 1.29 is 33.5 Å². The summed E-state index contributed by atoms with van der Waals surface area (Å²) in [6.45, 7) is 6.95. The summed E-state index contributed by atoms with van der Waals surface area (Å²) in [5.41, 5.74) is 7.13. The lowest BCUT2D eigenvalue weighted by Gasteiger charge is -2.33. The Hall–Kier alpha value is -5.26. The summed E-state index contributed by atoms with van der Waals surface area (Å²) < 4.78 is 5.34. The van der Waals surface area contributed by atoms with E-state index < -0.39 is 66.1 Å². The van der Waals surface area contributed by atoms with Crippen molar-refractivity contribution >= 4 is 46.3 Å². The van der Waals surface area contributed by atoms with Gasteiger partial charge in [0.15, 0.2) is 0 Å². The Labute approximate surface area is 293 Å². The lowest BCUT2D eigenvalue weighted by Crippen LogP contribution is -2.57. The van der Waals surface area contributed by atoms with E-state index in [9.17, 15) is 28.8 Å². The Morgan fingerprint density at radius 2 is 1.46 bits per heavy atom. The number of carbonyl (C=O) groups is 6. The van der Waals surface area contributed by atoms with Crippen molar-refractivity contribution in [2.24, 2.45) is 17.6 Å². The van der Waals surface area contributed by atoms with Gasteiger partial charge >= 0.3 is 6.09 Å². The molecule has 5 N–H and O–H groups in total. The van der Waals surface area contributed by atoms with Crippen molar-refractivity contribution in [3.63, 3.8) is 0 Å². The van der Waals surface area contributed by atoms with Gasteiger partial charge in [-0.25, -0.2) is 4.79 Å². The predicted molar refractivity (Wildman–Crippen MR) is 190 cm³/mol. The number of benzene rings is 3. The predicted octanol–water partition coefficient (Wildman–Crippen LogP) is 3.64. The van der Waals surface area contributed by atoms with Crippen molar-refractivity contribution in [1.82, 2.24) is 20.9 Å². The van der Waals surface area contributed by atoms with Gasteiger partial charge in [-0.1, -0.05) is 107 Å². The zero-order chi connectivity index (χ0) is 36.8. The number of rotatable bonds is 18. The number of Topliss-reactive ketones (excluding diaryl/α,β-unsaturated/α-hetero) is 1. The second-order valence-corrected chi connectivity index (χ2v) is 13.0. The van der Waals surface area contributed by atoms with Crippen LogP contribution in [-0.4, -0.2) is 72.1 Å². The molecule has 5 amide bonds. The van der Waals surface area contributed by atoms with Crippen LogP contribution in [-0.2, 0) is 41.7 Å². The molecule has 0 fully saturated rings. The maximum Gasteiger partial charge on any atom is 0.408 e. The molecule has 12 nitrogen and oxygen atoms in total. The first kappa shape index (κ1) is 39.2. The minimum Gasteiger partial charge on any atom is -0.445 e. The van der Waals surface area contributed by atoms with Crippen LogP contribution in [0.1, 0.15) is 58.1 Å². The molecule has 0 saturated carbocycles. The Balaban J connectivity index is 1.64. The molecule has 0 saturated heterocycles. The zero-order valence-electron chi connectivity index (χ0n) is 29.4. The van der Waals surface area contributed by atoms with E-state index in [0.29, 0.717) is 12.8 Å². The minimum absolute atomic E-state index is 0.0129. The van der Waals surface area contributed by atoms with Gasteiger partial charge in [0.1, 0.15) is 24.7 Å². The number of ketones is 1. The smallest absolute Gasteiger partial charge is 0.408 e. The van der Waals surface area contributed by atoms with Crippen LogP contribution in [0.2, 0.25) is 0 Å². The average Bonchev–Trinajstić information content (AvgIpc) is 3.10. The van der Waals surface area contributed by atoms with Gasteiger partial charge in [0.2, 0.25) is 23.5 Å². The van der Waals surface area contributed by atoms with Gasteiger partial charge in [-0.3, -0.25) is 24.0 Å². The molecule has 4 atom stereocenters. The highest BCUT2D eigenvalue weighted by Crippen LogP contribution is 2.19. The highest BCUT2D eigenvalue weighted by Gasteiger charge is 2.38. The number of primary amides is 1. The first-order valence-corrected chi connectivity index (χ1v) is 16.9. The van der Waals surface area contributed by atoms with Gasteiger partial charge in [-0.05, 0) is 46.6 Å². The second-order valence-electron chi connectivity index (χ2n) is 13.0. The summed E-state index contributed by atoms with van der Waals surface area (Å²) in [4.78, 5) is 79.3. The maximum absolute atomic E-state index is 13.8. The van der Waals surface area contributed by atoms with E-state index in [1.807, 2.05) is 93.6 Å². The molecule has 0 aliphatic carbocycles. The Morgan fingerprint density at radius 1 is 0.800 bits per heavy atom. The number of ether oxygens (including phenoxy) is 1. The van der Waals surface area contributed by atoms with Gasteiger partial charge in [0, 0.05) is 13.5 Å². The molecule has 0 aliphatic rings. The number of carbonyl (C=O) groups excluding carboxylic acids is 6. The van der Waals surface area contributed by atoms with E-state index >= 15 is 0 Å². The summed E-state index contributed by atoms with van der Waals surface area (Å²) in [6.07, 6.45) is 0.700. The molecule has 12 heteroatoms. The number of nitrogens with one attached hydrogen (secondary N) is 3. The highest BCUT2D eigenvalue weighted by atomic mass is 16.5. The van der Waals surface area contributed by atoms with E-state index in [1.165, 1.54) is 11.9 Å².